The average molecular weight is 288 g/mol. The maximum absolute atomic E-state index is 4.58. The van der Waals surface area contributed by atoms with Crippen molar-refractivity contribution in [2.75, 3.05) is 0 Å². The van der Waals surface area contributed by atoms with Crippen LogP contribution in [0.15, 0.2) is 60.9 Å². The van der Waals surface area contributed by atoms with Gasteiger partial charge in [0.1, 0.15) is 0 Å². The van der Waals surface area contributed by atoms with E-state index in [1.165, 1.54) is 11.1 Å². The highest BCUT2D eigenvalue weighted by atomic mass is 14.7. The Balaban J connectivity index is 1.74. The summed E-state index contributed by atoms with van der Waals surface area (Å²) < 4.78 is 0. The predicted octanol–water partition coefficient (Wildman–Crippen LogP) is 4.48. The van der Waals surface area contributed by atoms with Crippen molar-refractivity contribution in [3.8, 4) is 0 Å². The zero-order valence-electron chi connectivity index (χ0n) is 13.0. The number of aromatic nitrogens is 2. The molecule has 110 valence electrons. The summed E-state index contributed by atoms with van der Waals surface area (Å²) in [6, 6.07) is 12.4. The first-order valence-electron chi connectivity index (χ1n) is 8.02. The number of allylic oxidation sites excluding steroid dienone is 4. The summed E-state index contributed by atoms with van der Waals surface area (Å²) in [6.07, 6.45) is 8.56. The van der Waals surface area contributed by atoms with Crippen LogP contribution in [0.4, 0.5) is 0 Å². The third-order valence-corrected chi connectivity index (χ3v) is 4.90. The lowest BCUT2D eigenvalue weighted by atomic mass is 10.00. The van der Waals surface area contributed by atoms with E-state index in [4.69, 9.17) is 0 Å². The average Bonchev–Trinajstić information content (AvgIpc) is 3.25. The molecule has 2 aromatic rings. The third kappa shape index (κ3) is 2.19. The molecule has 2 aliphatic rings. The molecule has 0 aliphatic heterocycles. The highest BCUT2D eigenvalue weighted by Crippen LogP contribution is 2.60. The van der Waals surface area contributed by atoms with Gasteiger partial charge in [0.2, 0.25) is 0 Å². The Morgan fingerprint density at radius 3 is 1.64 bits per heavy atom. The van der Waals surface area contributed by atoms with Crippen LogP contribution in [0.2, 0.25) is 0 Å². The standard InChI is InChI=1S/C20H20N2/c1-13-11-15(17-7-3-5-9-21-17)19-14(2)20(19)16(12-13)18-8-4-6-10-22-18/h3-14,19-20H,1-2H3/t13?,14?,19-,20+. The molecular weight excluding hydrogens is 268 g/mol. The maximum Gasteiger partial charge on any atom is 0.0661 e. The molecule has 2 heterocycles. The van der Waals surface area contributed by atoms with E-state index in [0.29, 0.717) is 23.7 Å². The van der Waals surface area contributed by atoms with Crippen LogP contribution < -0.4 is 0 Å². The van der Waals surface area contributed by atoms with Gasteiger partial charge in [-0.25, -0.2) is 0 Å². The molecule has 0 amide bonds. The van der Waals surface area contributed by atoms with Gasteiger partial charge < -0.3 is 0 Å². The predicted molar refractivity (Wildman–Crippen MR) is 89.7 cm³/mol. The number of pyridine rings is 2. The molecule has 0 spiro atoms. The molecule has 0 aromatic carbocycles. The first-order chi connectivity index (χ1) is 10.8. The molecule has 0 saturated heterocycles. The molecule has 4 rings (SSSR count). The van der Waals surface area contributed by atoms with E-state index in [9.17, 15) is 0 Å². The zero-order chi connectivity index (χ0) is 15.1. The SMILES string of the molecule is CC1C=C(c2ccccn2)[C@@H]2C(C)[C@@H]2C(c2ccccn2)=C1. The topological polar surface area (TPSA) is 25.8 Å². The lowest BCUT2D eigenvalue weighted by Crippen LogP contribution is -1.94. The molecule has 22 heavy (non-hydrogen) atoms. The lowest BCUT2D eigenvalue weighted by molar-refractivity contribution is 0.860. The highest BCUT2D eigenvalue weighted by molar-refractivity contribution is 5.79. The minimum atomic E-state index is 0.411. The van der Waals surface area contributed by atoms with Gasteiger partial charge in [-0.15, -0.1) is 0 Å². The Hall–Kier alpha value is -2.22. The summed E-state index contributed by atoms with van der Waals surface area (Å²) in [7, 11) is 0. The maximum atomic E-state index is 4.58. The normalized spacial score (nSPS) is 29.9. The van der Waals surface area contributed by atoms with Crippen LogP contribution in [-0.4, -0.2) is 9.97 Å². The van der Waals surface area contributed by atoms with E-state index in [1.54, 1.807) is 0 Å². The summed E-state index contributed by atoms with van der Waals surface area (Å²) in [5.41, 5.74) is 5.08. The largest absolute Gasteiger partial charge is 0.257 e. The van der Waals surface area contributed by atoms with Crippen molar-refractivity contribution in [2.45, 2.75) is 13.8 Å². The van der Waals surface area contributed by atoms with E-state index >= 15 is 0 Å². The fourth-order valence-electron chi connectivity index (χ4n) is 3.83. The molecule has 4 atom stereocenters. The van der Waals surface area contributed by atoms with Crippen molar-refractivity contribution in [1.29, 1.82) is 0 Å². The monoisotopic (exact) mass is 288 g/mol. The second-order valence-corrected chi connectivity index (χ2v) is 6.44. The van der Waals surface area contributed by atoms with Gasteiger partial charge in [-0.2, -0.15) is 0 Å². The van der Waals surface area contributed by atoms with Crippen LogP contribution in [0, 0.1) is 23.7 Å². The third-order valence-electron chi connectivity index (χ3n) is 4.90. The Kier molecular flexibility index (Phi) is 3.18. The molecule has 2 nitrogen and oxygen atoms in total. The number of hydrogen-bond donors (Lipinski definition) is 0. The first-order valence-corrected chi connectivity index (χ1v) is 8.02. The molecule has 2 aliphatic carbocycles. The van der Waals surface area contributed by atoms with Crippen molar-refractivity contribution < 1.29 is 0 Å². The number of fused-ring (bicyclic) bond motifs is 1. The summed E-state index contributed by atoms with van der Waals surface area (Å²) in [5, 5.41) is 0. The molecule has 2 heteroatoms. The smallest absolute Gasteiger partial charge is 0.0661 e. The van der Waals surface area contributed by atoms with Gasteiger partial charge in [0, 0.05) is 12.4 Å². The van der Waals surface area contributed by atoms with E-state index < -0.39 is 0 Å². The Morgan fingerprint density at radius 2 is 1.23 bits per heavy atom. The first kappa shape index (κ1) is 13.4. The van der Waals surface area contributed by atoms with Crippen molar-refractivity contribution in [3.05, 3.63) is 72.3 Å². The van der Waals surface area contributed by atoms with Gasteiger partial charge in [-0.3, -0.25) is 9.97 Å². The Morgan fingerprint density at radius 1 is 0.727 bits per heavy atom. The molecule has 0 radical (unpaired) electrons. The van der Waals surface area contributed by atoms with Crippen molar-refractivity contribution in [2.24, 2.45) is 23.7 Å². The van der Waals surface area contributed by atoms with Gasteiger partial charge in [0.05, 0.1) is 11.4 Å². The highest BCUT2D eigenvalue weighted by Gasteiger charge is 2.52. The lowest BCUT2D eigenvalue weighted by Gasteiger charge is -2.08. The van der Waals surface area contributed by atoms with Gasteiger partial charge in [0.25, 0.3) is 0 Å². The van der Waals surface area contributed by atoms with Crippen LogP contribution in [0.1, 0.15) is 25.2 Å². The van der Waals surface area contributed by atoms with Gasteiger partial charge in [-0.1, -0.05) is 38.1 Å². The van der Waals surface area contributed by atoms with Crippen molar-refractivity contribution in [1.82, 2.24) is 9.97 Å². The molecule has 1 saturated carbocycles. The van der Waals surface area contributed by atoms with E-state index in [1.807, 2.05) is 24.5 Å². The number of hydrogen-bond acceptors (Lipinski definition) is 2. The van der Waals surface area contributed by atoms with E-state index in [-0.39, 0.29) is 0 Å². The molecule has 2 aromatic heterocycles. The summed E-state index contributed by atoms with van der Waals surface area (Å²) in [4.78, 5) is 9.16. The second-order valence-electron chi connectivity index (χ2n) is 6.44. The zero-order valence-corrected chi connectivity index (χ0v) is 13.0. The number of rotatable bonds is 2. The van der Waals surface area contributed by atoms with Crippen LogP contribution in [0.3, 0.4) is 0 Å². The van der Waals surface area contributed by atoms with Crippen molar-refractivity contribution in [3.63, 3.8) is 0 Å². The minimum Gasteiger partial charge on any atom is -0.257 e. The van der Waals surface area contributed by atoms with Crippen LogP contribution in [0.5, 0.6) is 0 Å². The van der Waals surface area contributed by atoms with Gasteiger partial charge in [0.15, 0.2) is 0 Å². The molecule has 2 unspecified atom stereocenters. The summed E-state index contributed by atoms with van der Waals surface area (Å²) in [5.74, 6) is 2.23. The van der Waals surface area contributed by atoms with Crippen molar-refractivity contribution >= 4 is 11.1 Å². The number of nitrogens with zero attached hydrogens (tertiary/aromatic N) is 2. The minimum absolute atomic E-state index is 0.411. The summed E-state index contributed by atoms with van der Waals surface area (Å²) >= 11 is 0. The Labute approximate surface area is 131 Å². The molecule has 1 fully saturated rings. The van der Waals surface area contributed by atoms with Crippen LogP contribution >= 0.6 is 0 Å². The molecular formula is C20H20N2. The Bertz CT molecular complexity index is 667. The second kappa shape index (κ2) is 5.20. The molecule has 0 N–H and O–H groups in total. The summed E-state index contributed by atoms with van der Waals surface area (Å²) in [6.45, 7) is 4.60. The van der Waals surface area contributed by atoms with Gasteiger partial charge >= 0.3 is 0 Å². The van der Waals surface area contributed by atoms with Crippen LogP contribution in [-0.2, 0) is 0 Å². The van der Waals surface area contributed by atoms with E-state index in [2.05, 4.69) is 60.2 Å². The van der Waals surface area contributed by atoms with Gasteiger partial charge in [-0.05, 0) is 59.1 Å². The fraction of sp³-hybridized carbons (Fsp3) is 0.300. The fourth-order valence-corrected chi connectivity index (χ4v) is 3.83. The van der Waals surface area contributed by atoms with Crippen LogP contribution in [0.25, 0.3) is 11.1 Å². The molecule has 0 bridgehead atoms. The van der Waals surface area contributed by atoms with E-state index in [0.717, 1.165) is 11.4 Å². The quantitative estimate of drug-likeness (QED) is 0.814.